The number of nitrogens with zero attached hydrogens (tertiary/aromatic N) is 3. The van der Waals surface area contributed by atoms with E-state index in [1.807, 2.05) is 0 Å². The van der Waals surface area contributed by atoms with Gasteiger partial charge < -0.3 is 4.90 Å². The molecular weight excluding hydrogens is 349 g/mol. The zero-order valence-electron chi connectivity index (χ0n) is 13.7. The second kappa shape index (κ2) is 6.55. The molecule has 2 aromatic rings. The summed E-state index contributed by atoms with van der Waals surface area (Å²) in [5.41, 5.74) is -0.212. The van der Waals surface area contributed by atoms with E-state index in [4.69, 9.17) is 0 Å². The SMILES string of the molecule is CCN(C(=O)Cn1cnc2cc(F)ccc2c1=O)C1CCS(=O)(=O)C1. The summed E-state index contributed by atoms with van der Waals surface area (Å²) >= 11 is 0. The highest BCUT2D eigenvalue weighted by Gasteiger charge is 2.33. The smallest absolute Gasteiger partial charge is 0.261 e. The maximum atomic E-state index is 13.2. The highest BCUT2D eigenvalue weighted by atomic mass is 32.2. The number of hydrogen-bond donors (Lipinski definition) is 0. The average Bonchev–Trinajstić information content (AvgIpc) is 2.90. The Morgan fingerprint density at radius 2 is 2.20 bits per heavy atom. The van der Waals surface area contributed by atoms with Crippen LogP contribution >= 0.6 is 0 Å². The van der Waals surface area contributed by atoms with Gasteiger partial charge >= 0.3 is 0 Å². The highest BCUT2D eigenvalue weighted by Crippen LogP contribution is 2.18. The van der Waals surface area contributed by atoms with Gasteiger partial charge in [0, 0.05) is 18.7 Å². The van der Waals surface area contributed by atoms with Crippen LogP contribution in [0.3, 0.4) is 0 Å². The molecule has 2 heterocycles. The standard InChI is InChI=1S/C16H18FN3O4S/c1-2-20(12-5-6-25(23,24)9-12)15(21)8-19-10-18-14-7-11(17)3-4-13(14)16(19)22/h3-4,7,10,12H,2,5-6,8-9H2,1H3. The first-order valence-electron chi connectivity index (χ1n) is 7.95. The van der Waals surface area contributed by atoms with E-state index in [0.717, 1.165) is 10.6 Å². The molecule has 9 heteroatoms. The molecule has 1 aromatic heterocycles. The van der Waals surface area contributed by atoms with Gasteiger partial charge in [-0.25, -0.2) is 17.8 Å². The van der Waals surface area contributed by atoms with Crippen molar-refractivity contribution in [3.8, 4) is 0 Å². The minimum Gasteiger partial charge on any atom is -0.337 e. The summed E-state index contributed by atoms with van der Waals surface area (Å²) in [5.74, 6) is -0.802. The summed E-state index contributed by atoms with van der Waals surface area (Å²) in [6, 6.07) is 3.30. The van der Waals surface area contributed by atoms with Gasteiger partial charge in [0.1, 0.15) is 12.4 Å². The Kier molecular flexibility index (Phi) is 4.59. The van der Waals surface area contributed by atoms with E-state index in [-0.39, 0.29) is 40.9 Å². The summed E-state index contributed by atoms with van der Waals surface area (Å²) in [6.45, 7) is 1.90. The second-order valence-corrected chi connectivity index (χ2v) is 8.30. The number of likely N-dealkylation sites (N-methyl/N-ethyl adjacent to an activating group) is 1. The summed E-state index contributed by atoms with van der Waals surface area (Å²) in [6.07, 6.45) is 1.62. The van der Waals surface area contributed by atoms with Gasteiger partial charge in [0.05, 0.1) is 28.7 Å². The van der Waals surface area contributed by atoms with Gasteiger partial charge in [0.25, 0.3) is 5.56 Å². The van der Waals surface area contributed by atoms with Gasteiger partial charge in [0.2, 0.25) is 5.91 Å². The minimum atomic E-state index is -3.11. The predicted octanol–water partition coefficient (Wildman–Crippen LogP) is 0.571. The quantitative estimate of drug-likeness (QED) is 0.788. The summed E-state index contributed by atoms with van der Waals surface area (Å²) < 4.78 is 37.6. The Labute approximate surface area is 144 Å². The molecule has 1 atom stereocenters. The fourth-order valence-electron chi connectivity index (χ4n) is 3.14. The van der Waals surface area contributed by atoms with Crippen molar-refractivity contribution in [1.29, 1.82) is 0 Å². The monoisotopic (exact) mass is 367 g/mol. The van der Waals surface area contributed by atoms with Crippen molar-refractivity contribution in [1.82, 2.24) is 14.5 Å². The van der Waals surface area contributed by atoms with Crippen LogP contribution in [0.2, 0.25) is 0 Å². The molecule has 1 fully saturated rings. The molecule has 1 saturated heterocycles. The molecule has 1 unspecified atom stereocenters. The number of amides is 1. The molecule has 0 bridgehead atoms. The molecular formula is C16H18FN3O4S. The van der Waals surface area contributed by atoms with Gasteiger partial charge in [-0.15, -0.1) is 0 Å². The van der Waals surface area contributed by atoms with Crippen molar-refractivity contribution in [3.63, 3.8) is 0 Å². The van der Waals surface area contributed by atoms with E-state index in [0.29, 0.717) is 13.0 Å². The molecule has 7 nitrogen and oxygen atoms in total. The van der Waals surface area contributed by atoms with Crippen molar-refractivity contribution in [2.75, 3.05) is 18.1 Å². The van der Waals surface area contributed by atoms with E-state index in [2.05, 4.69) is 4.98 Å². The first-order valence-corrected chi connectivity index (χ1v) is 9.77. The molecule has 0 radical (unpaired) electrons. The Balaban J connectivity index is 1.85. The number of hydrogen-bond acceptors (Lipinski definition) is 5. The maximum Gasteiger partial charge on any atom is 0.261 e. The first-order chi connectivity index (χ1) is 11.8. The number of fused-ring (bicyclic) bond motifs is 1. The summed E-state index contributed by atoms with van der Waals surface area (Å²) in [5, 5.41) is 0.225. The molecule has 134 valence electrons. The van der Waals surface area contributed by atoms with Crippen LogP contribution in [0.5, 0.6) is 0 Å². The zero-order valence-corrected chi connectivity index (χ0v) is 14.5. The van der Waals surface area contributed by atoms with Gasteiger partial charge in [0.15, 0.2) is 9.84 Å². The lowest BCUT2D eigenvalue weighted by Crippen LogP contribution is -2.43. The molecule has 1 amide bonds. The van der Waals surface area contributed by atoms with E-state index < -0.39 is 21.2 Å². The second-order valence-electron chi connectivity index (χ2n) is 6.08. The van der Waals surface area contributed by atoms with Crippen LogP contribution in [-0.4, -0.2) is 52.9 Å². The predicted molar refractivity (Wildman–Crippen MR) is 90.4 cm³/mol. The van der Waals surface area contributed by atoms with Crippen LogP contribution < -0.4 is 5.56 Å². The van der Waals surface area contributed by atoms with Gasteiger partial charge in [-0.05, 0) is 25.5 Å². The largest absolute Gasteiger partial charge is 0.337 e. The molecule has 25 heavy (non-hydrogen) atoms. The Bertz CT molecular complexity index is 987. The minimum absolute atomic E-state index is 0.0449. The van der Waals surface area contributed by atoms with E-state index in [1.54, 1.807) is 6.92 Å². The Morgan fingerprint density at radius 1 is 1.44 bits per heavy atom. The Morgan fingerprint density at radius 3 is 2.84 bits per heavy atom. The van der Waals surface area contributed by atoms with Crippen molar-refractivity contribution in [2.45, 2.75) is 25.9 Å². The van der Waals surface area contributed by atoms with Crippen molar-refractivity contribution in [3.05, 3.63) is 40.7 Å². The van der Waals surface area contributed by atoms with E-state index in [1.165, 1.54) is 23.4 Å². The number of aromatic nitrogens is 2. The van der Waals surface area contributed by atoms with Crippen LogP contribution in [0, 0.1) is 5.82 Å². The molecule has 0 aliphatic carbocycles. The molecule has 1 aliphatic heterocycles. The molecule has 1 aromatic carbocycles. The third-order valence-electron chi connectivity index (χ3n) is 4.40. The van der Waals surface area contributed by atoms with Crippen LogP contribution in [0.4, 0.5) is 4.39 Å². The van der Waals surface area contributed by atoms with E-state index in [9.17, 15) is 22.4 Å². The molecule has 0 saturated carbocycles. The normalized spacial score (nSPS) is 19.2. The summed E-state index contributed by atoms with van der Waals surface area (Å²) in [4.78, 5) is 30.5. The third kappa shape index (κ3) is 3.55. The number of halogens is 1. The fraction of sp³-hybridized carbons (Fsp3) is 0.438. The van der Waals surface area contributed by atoms with Crippen LogP contribution in [0.15, 0.2) is 29.3 Å². The van der Waals surface area contributed by atoms with E-state index >= 15 is 0 Å². The number of carbonyl (C=O) groups excluding carboxylic acids is 1. The average molecular weight is 367 g/mol. The third-order valence-corrected chi connectivity index (χ3v) is 6.15. The first kappa shape index (κ1) is 17.5. The Hall–Kier alpha value is -2.29. The van der Waals surface area contributed by atoms with Crippen molar-refractivity contribution < 1.29 is 17.6 Å². The maximum absolute atomic E-state index is 13.2. The van der Waals surface area contributed by atoms with Gasteiger partial charge in [-0.1, -0.05) is 0 Å². The lowest BCUT2D eigenvalue weighted by molar-refractivity contribution is -0.133. The number of sulfone groups is 1. The van der Waals surface area contributed by atoms with Crippen LogP contribution in [-0.2, 0) is 21.2 Å². The van der Waals surface area contributed by atoms with Crippen LogP contribution in [0.25, 0.3) is 10.9 Å². The zero-order chi connectivity index (χ0) is 18.2. The van der Waals surface area contributed by atoms with Crippen molar-refractivity contribution >= 4 is 26.6 Å². The molecule has 0 spiro atoms. The molecule has 3 rings (SSSR count). The number of carbonyl (C=O) groups is 1. The number of rotatable bonds is 4. The molecule has 0 N–H and O–H groups in total. The van der Waals surface area contributed by atoms with Gasteiger partial charge in [-0.3, -0.25) is 14.2 Å². The lowest BCUT2D eigenvalue weighted by atomic mass is 10.2. The summed E-state index contributed by atoms with van der Waals surface area (Å²) in [7, 11) is -3.11. The van der Waals surface area contributed by atoms with Crippen molar-refractivity contribution in [2.24, 2.45) is 0 Å². The number of benzene rings is 1. The molecule has 1 aliphatic rings. The fourth-order valence-corrected chi connectivity index (χ4v) is 4.87. The van der Waals surface area contributed by atoms with Gasteiger partial charge in [-0.2, -0.15) is 0 Å². The lowest BCUT2D eigenvalue weighted by Gasteiger charge is -2.27. The highest BCUT2D eigenvalue weighted by molar-refractivity contribution is 7.91. The van der Waals surface area contributed by atoms with Crippen LogP contribution in [0.1, 0.15) is 13.3 Å². The topological polar surface area (TPSA) is 89.3 Å².